The first-order valence-electron chi connectivity index (χ1n) is 6.37. The van der Waals surface area contributed by atoms with E-state index in [1.165, 1.54) is 6.42 Å². The molecule has 4 nitrogen and oxygen atoms in total. The van der Waals surface area contributed by atoms with E-state index in [0.29, 0.717) is 6.10 Å². The molecule has 0 bridgehead atoms. The normalized spacial score (nSPS) is 32.7. The van der Waals surface area contributed by atoms with Crippen molar-refractivity contribution in [1.29, 1.82) is 0 Å². The standard InChI is InChI=1S/C13H23NO3/c1-12(2,3)17-11(15)14-7-5-6-13(9-14)8-10(13)16-4/h10H,5-9H2,1-4H3/t10-,13-/m1/s1. The number of methoxy groups -OCH3 is 1. The van der Waals surface area contributed by atoms with Crippen LogP contribution in [0.4, 0.5) is 4.79 Å². The van der Waals surface area contributed by atoms with E-state index in [2.05, 4.69) is 0 Å². The zero-order valence-corrected chi connectivity index (χ0v) is 11.3. The molecule has 17 heavy (non-hydrogen) atoms. The SMILES string of the molecule is CO[C@@H]1C[C@@]12CCCN(C(=O)OC(C)(C)C)C2. The summed E-state index contributed by atoms with van der Waals surface area (Å²) >= 11 is 0. The smallest absolute Gasteiger partial charge is 0.410 e. The van der Waals surface area contributed by atoms with E-state index in [4.69, 9.17) is 9.47 Å². The molecule has 2 rings (SSSR count). The van der Waals surface area contributed by atoms with E-state index < -0.39 is 5.60 Å². The van der Waals surface area contributed by atoms with Crippen LogP contribution < -0.4 is 0 Å². The van der Waals surface area contributed by atoms with E-state index in [-0.39, 0.29) is 11.5 Å². The Morgan fingerprint density at radius 1 is 1.41 bits per heavy atom. The summed E-state index contributed by atoms with van der Waals surface area (Å²) in [6.07, 6.45) is 3.47. The first-order valence-corrected chi connectivity index (χ1v) is 6.37. The predicted octanol–water partition coefficient (Wildman–Crippen LogP) is 2.42. The Morgan fingerprint density at radius 2 is 2.12 bits per heavy atom. The number of piperidine rings is 1. The van der Waals surface area contributed by atoms with Gasteiger partial charge in [0.2, 0.25) is 0 Å². The predicted molar refractivity (Wildman–Crippen MR) is 64.9 cm³/mol. The van der Waals surface area contributed by atoms with Gasteiger partial charge >= 0.3 is 6.09 Å². The average molecular weight is 241 g/mol. The molecule has 0 aromatic heterocycles. The molecule has 4 heteroatoms. The highest BCUT2D eigenvalue weighted by molar-refractivity contribution is 5.68. The second kappa shape index (κ2) is 4.16. The summed E-state index contributed by atoms with van der Waals surface area (Å²) in [5, 5.41) is 0. The van der Waals surface area contributed by atoms with E-state index in [9.17, 15) is 4.79 Å². The van der Waals surface area contributed by atoms with Gasteiger partial charge in [0.25, 0.3) is 0 Å². The number of nitrogens with zero attached hydrogens (tertiary/aromatic N) is 1. The minimum atomic E-state index is -0.411. The second-order valence-corrected chi connectivity index (χ2v) is 6.30. The largest absolute Gasteiger partial charge is 0.444 e. The monoisotopic (exact) mass is 241 g/mol. The molecule has 1 aliphatic carbocycles. The quantitative estimate of drug-likeness (QED) is 0.707. The molecule has 1 amide bonds. The van der Waals surface area contributed by atoms with Crippen molar-refractivity contribution >= 4 is 6.09 Å². The fourth-order valence-corrected chi connectivity index (χ4v) is 2.72. The summed E-state index contributed by atoms with van der Waals surface area (Å²) in [5.74, 6) is 0. The maximum absolute atomic E-state index is 12.0. The van der Waals surface area contributed by atoms with Crippen molar-refractivity contribution in [1.82, 2.24) is 4.90 Å². The minimum absolute atomic E-state index is 0.182. The van der Waals surface area contributed by atoms with Crippen molar-refractivity contribution < 1.29 is 14.3 Å². The Morgan fingerprint density at radius 3 is 2.65 bits per heavy atom. The number of carbonyl (C=O) groups is 1. The van der Waals surface area contributed by atoms with Gasteiger partial charge in [0.05, 0.1) is 6.10 Å². The molecule has 1 aliphatic heterocycles. The molecule has 0 N–H and O–H groups in total. The van der Waals surface area contributed by atoms with Gasteiger partial charge in [-0.2, -0.15) is 0 Å². The van der Waals surface area contributed by atoms with Crippen LogP contribution in [-0.4, -0.2) is 42.9 Å². The molecule has 0 aromatic rings. The summed E-state index contributed by atoms with van der Waals surface area (Å²) in [6, 6.07) is 0. The molecule has 2 aliphatic rings. The van der Waals surface area contributed by atoms with Gasteiger partial charge in [0.15, 0.2) is 0 Å². The summed E-state index contributed by atoms with van der Waals surface area (Å²) < 4.78 is 10.8. The summed E-state index contributed by atoms with van der Waals surface area (Å²) in [7, 11) is 1.76. The Labute approximate surface area is 103 Å². The maximum atomic E-state index is 12.0. The van der Waals surface area contributed by atoms with Gasteiger partial charge in [-0.05, 0) is 40.0 Å². The van der Waals surface area contributed by atoms with Crippen LogP contribution in [0.15, 0.2) is 0 Å². The van der Waals surface area contributed by atoms with Gasteiger partial charge in [-0.3, -0.25) is 0 Å². The first-order chi connectivity index (χ1) is 7.86. The Bertz CT molecular complexity index is 310. The van der Waals surface area contributed by atoms with Gasteiger partial charge < -0.3 is 14.4 Å². The molecule has 1 spiro atoms. The molecule has 1 saturated heterocycles. The summed E-state index contributed by atoms with van der Waals surface area (Å²) in [6.45, 7) is 7.31. The zero-order valence-electron chi connectivity index (χ0n) is 11.3. The van der Waals surface area contributed by atoms with Gasteiger partial charge in [0, 0.05) is 25.6 Å². The van der Waals surface area contributed by atoms with Crippen LogP contribution in [0, 0.1) is 5.41 Å². The van der Waals surface area contributed by atoms with Gasteiger partial charge in [-0.25, -0.2) is 4.79 Å². The molecule has 1 saturated carbocycles. The fourth-order valence-electron chi connectivity index (χ4n) is 2.72. The minimum Gasteiger partial charge on any atom is -0.444 e. The fraction of sp³-hybridized carbons (Fsp3) is 0.923. The third-order valence-electron chi connectivity index (χ3n) is 3.66. The van der Waals surface area contributed by atoms with Gasteiger partial charge in [0.1, 0.15) is 5.60 Å². The van der Waals surface area contributed by atoms with E-state index in [1.54, 1.807) is 7.11 Å². The van der Waals surface area contributed by atoms with Crippen LogP contribution in [0.1, 0.15) is 40.0 Å². The maximum Gasteiger partial charge on any atom is 0.410 e. The van der Waals surface area contributed by atoms with Crippen molar-refractivity contribution in [3.63, 3.8) is 0 Å². The molecule has 0 unspecified atom stereocenters. The highest BCUT2D eigenvalue weighted by atomic mass is 16.6. The number of hydrogen-bond donors (Lipinski definition) is 0. The number of hydrogen-bond acceptors (Lipinski definition) is 3. The van der Waals surface area contributed by atoms with Crippen LogP contribution in [0.5, 0.6) is 0 Å². The third-order valence-corrected chi connectivity index (χ3v) is 3.66. The number of rotatable bonds is 1. The van der Waals surface area contributed by atoms with E-state index in [0.717, 1.165) is 25.9 Å². The van der Waals surface area contributed by atoms with Gasteiger partial charge in [-0.15, -0.1) is 0 Å². The average Bonchev–Trinajstić information content (AvgIpc) is 2.88. The van der Waals surface area contributed by atoms with Crippen LogP contribution in [0.25, 0.3) is 0 Å². The molecular weight excluding hydrogens is 218 g/mol. The topological polar surface area (TPSA) is 38.8 Å². The Balaban J connectivity index is 1.92. The van der Waals surface area contributed by atoms with E-state index >= 15 is 0 Å². The van der Waals surface area contributed by atoms with Crippen LogP contribution in [-0.2, 0) is 9.47 Å². The summed E-state index contributed by atoms with van der Waals surface area (Å²) in [5.41, 5.74) is -0.185. The van der Waals surface area contributed by atoms with Crippen LogP contribution in [0.3, 0.4) is 0 Å². The second-order valence-electron chi connectivity index (χ2n) is 6.30. The molecule has 2 fully saturated rings. The van der Waals surface area contributed by atoms with Crippen molar-refractivity contribution in [2.24, 2.45) is 5.41 Å². The zero-order chi connectivity index (χ0) is 12.7. The lowest BCUT2D eigenvalue weighted by atomic mass is 9.95. The molecule has 2 atom stereocenters. The van der Waals surface area contributed by atoms with Crippen LogP contribution >= 0.6 is 0 Å². The van der Waals surface area contributed by atoms with E-state index in [1.807, 2.05) is 25.7 Å². The third kappa shape index (κ3) is 2.73. The van der Waals surface area contributed by atoms with Crippen LogP contribution in [0.2, 0.25) is 0 Å². The van der Waals surface area contributed by atoms with Crippen molar-refractivity contribution in [3.8, 4) is 0 Å². The molecule has 0 radical (unpaired) electrons. The number of amides is 1. The number of ether oxygens (including phenoxy) is 2. The van der Waals surface area contributed by atoms with Crippen molar-refractivity contribution in [3.05, 3.63) is 0 Å². The number of likely N-dealkylation sites (tertiary alicyclic amines) is 1. The van der Waals surface area contributed by atoms with Crippen molar-refractivity contribution in [2.45, 2.75) is 51.7 Å². The highest BCUT2D eigenvalue weighted by Crippen LogP contribution is 2.54. The lowest BCUT2D eigenvalue weighted by Gasteiger charge is -2.34. The number of carbonyl (C=O) groups excluding carboxylic acids is 1. The Hall–Kier alpha value is -0.770. The lowest BCUT2D eigenvalue weighted by molar-refractivity contribution is 0.00951. The van der Waals surface area contributed by atoms with Crippen molar-refractivity contribution in [2.75, 3.05) is 20.2 Å². The molecule has 1 heterocycles. The molecule has 98 valence electrons. The first kappa shape index (κ1) is 12.7. The Kier molecular flexibility index (Phi) is 3.10. The summed E-state index contributed by atoms with van der Waals surface area (Å²) in [4.78, 5) is 13.8. The highest BCUT2D eigenvalue weighted by Gasteiger charge is 2.57. The lowest BCUT2D eigenvalue weighted by Crippen LogP contribution is -2.44. The molecule has 0 aromatic carbocycles. The van der Waals surface area contributed by atoms with Gasteiger partial charge in [-0.1, -0.05) is 0 Å². The molecular formula is C13H23NO3.